The number of nitrogens with zero attached hydrogens (tertiary/aromatic N) is 2. The SMILES string of the molecule is CC(C)Oc1ccc(C(=O)N[C@H](CCO)Cc2ccc(-c3ccc4nc(C(C)(C)C)cn4c3)cc2)cc1Cl. The maximum absolute atomic E-state index is 12.9. The van der Waals surface area contributed by atoms with E-state index in [4.69, 9.17) is 21.3 Å². The van der Waals surface area contributed by atoms with Crippen molar-refractivity contribution < 1.29 is 14.6 Å². The highest BCUT2D eigenvalue weighted by Crippen LogP contribution is 2.27. The van der Waals surface area contributed by atoms with Crippen LogP contribution in [0.5, 0.6) is 5.75 Å². The van der Waals surface area contributed by atoms with Crippen LogP contribution in [0.15, 0.2) is 67.0 Å². The molecule has 0 aliphatic carbocycles. The first kappa shape index (κ1) is 27.7. The number of carbonyl (C=O) groups is 1. The lowest BCUT2D eigenvalue weighted by Crippen LogP contribution is -2.37. The summed E-state index contributed by atoms with van der Waals surface area (Å²) in [5, 5.41) is 13.0. The van der Waals surface area contributed by atoms with Crippen LogP contribution in [-0.2, 0) is 11.8 Å². The second-order valence-corrected chi connectivity index (χ2v) is 11.4. The monoisotopic (exact) mass is 533 g/mol. The van der Waals surface area contributed by atoms with E-state index in [0.29, 0.717) is 29.2 Å². The summed E-state index contributed by atoms with van der Waals surface area (Å²) in [7, 11) is 0. The molecule has 38 heavy (non-hydrogen) atoms. The van der Waals surface area contributed by atoms with Gasteiger partial charge in [-0.2, -0.15) is 0 Å². The molecule has 1 atom stereocenters. The van der Waals surface area contributed by atoms with Crippen molar-refractivity contribution in [2.75, 3.05) is 6.61 Å². The van der Waals surface area contributed by atoms with E-state index in [9.17, 15) is 9.90 Å². The van der Waals surface area contributed by atoms with E-state index in [1.807, 2.05) is 19.9 Å². The number of aromatic nitrogens is 2. The lowest BCUT2D eigenvalue weighted by atomic mass is 9.93. The maximum Gasteiger partial charge on any atom is 0.251 e. The standard InChI is InChI=1S/C31H36ClN3O3/c1-20(2)38-27-12-10-23(17-26(27)32)30(37)33-25(14-15-36)16-21-6-8-22(9-7-21)24-11-13-29-34-28(31(3,4)5)19-35(29)18-24/h6-13,17-20,25,36H,14-16H2,1-5H3,(H,33,37)/t25-/m1/s1. The highest BCUT2D eigenvalue weighted by atomic mass is 35.5. The molecule has 1 amide bonds. The number of nitrogens with one attached hydrogen (secondary N) is 1. The Morgan fingerprint density at radius 1 is 1.05 bits per heavy atom. The lowest BCUT2D eigenvalue weighted by Gasteiger charge is -2.19. The van der Waals surface area contributed by atoms with Crippen LogP contribution in [0.2, 0.25) is 5.02 Å². The van der Waals surface area contributed by atoms with Gasteiger partial charge in [-0.3, -0.25) is 4.79 Å². The van der Waals surface area contributed by atoms with Gasteiger partial charge in [-0.1, -0.05) is 56.6 Å². The van der Waals surface area contributed by atoms with Gasteiger partial charge >= 0.3 is 0 Å². The number of hydrogen-bond donors (Lipinski definition) is 2. The molecule has 0 bridgehead atoms. The smallest absolute Gasteiger partial charge is 0.251 e. The molecular weight excluding hydrogens is 498 g/mol. The third-order valence-corrected chi connectivity index (χ3v) is 6.65. The van der Waals surface area contributed by atoms with Gasteiger partial charge in [0, 0.05) is 36.0 Å². The van der Waals surface area contributed by atoms with Crippen LogP contribution in [0.25, 0.3) is 16.8 Å². The Balaban J connectivity index is 1.45. The van der Waals surface area contributed by atoms with Crippen LogP contribution >= 0.6 is 11.6 Å². The quantitative estimate of drug-likeness (QED) is 0.259. The van der Waals surface area contributed by atoms with Gasteiger partial charge in [0.1, 0.15) is 11.4 Å². The van der Waals surface area contributed by atoms with E-state index in [1.54, 1.807) is 18.2 Å². The van der Waals surface area contributed by atoms with Crippen molar-refractivity contribution in [2.45, 2.75) is 65.0 Å². The van der Waals surface area contributed by atoms with Crippen LogP contribution in [0.1, 0.15) is 62.7 Å². The Morgan fingerprint density at radius 2 is 1.76 bits per heavy atom. The van der Waals surface area contributed by atoms with E-state index in [-0.39, 0.29) is 30.1 Å². The Labute approximate surface area is 229 Å². The molecule has 2 N–H and O–H groups in total. The third kappa shape index (κ3) is 6.74. The molecule has 0 saturated heterocycles. The molecule has 0 saturated carbocycles. The summed E-state index contributed by atoms with van der Waals surface area (Å²) in [4.78, 5) is 17.7. The average Bonchev–Trinajstić information content (AvgIpc) is 3.30. The maximum atomic E-state index is 12.9. The zero-order chi connectivity index (χ0) is 27.4. The van der Waals surface area contributed by atoms with Crippen LogP contribution in [0.4, 0.5) is 0 Å². The van der Waals surface area contributed by atoms with Crippen molar-refractivity contribution >= 4 is 23.2 Å². The van der Waals surface area contributed by atoms with E-state index in [1.165, 1.54) is 0 Å². The summed E-state index contributed by atoms with van der Waals surface area (Å²) < 4.78 is 7.73. The van der Waals surface area contributed by atoms with Crippen LogP contribution in [0, 0.1) is 0 Å². The van der Waals surface area contributed by atoms with Gasteiger partial charge in [-0.25, -0.2) is 4.98 Å². The normalized spacial score (nSPS) is 12.6. The number of pyridine rings is 1. The number of hydrogen-bond acceptors (Lipinski definition) is 4. The minimum atomic E-state index is -0.235. The van der Waals surface area contributed by atoms with E-state index >= 15 is 0 Å². The number of aliphatic hydroxyl groups excluding tert-OH is 1. The fourth-order valence-electron chi connectivity index (χ4n) is 4.28. The molecule has 4 aromatic rings. The summed E-state index contributed by atoms with van der Waals surface area (Å²) in [6, 6.07) is 17.2. The molecule has 0 aliphatic rings. The average molecular weight is 534 g/mol. The van der Waals surface area contributed by atoms with Gasteiger partial charge in [0.2, 0.25) is 0 Å². The molecule has 7 heteroatoms. The van der Waals surface area contributed by atoms with Gasteiger partial charge < -0.3 is 19.6 Å². The number of carbonyl (C=O) groups excluding carboxylic acids is 1. The number of imidazole rings is 1. The van der Waals surface area contributed by atoms with E-state index in [2.05, 4.69) is 73.2 Å². The topological polar surface area (TPSA) is 75.9 Å². The van der Waals surface area contributed by atoms with Crippen molar-refractivity contribution in [3.63, 3.8) is 0 Å². The van der Waals surface area contributed by atoms with Crippen LogP contribution < -0.4 is 10.1 Å². The Hall–Kier alpha value is -3.35. The van der Waals surface area contributed by atoms with Crippen molar-refractivity contribution in [3.05, 3.63) is 88.8 Å². The number of ether oxygens (including phenoxy) is 1. The molecule has 2 aromatic heterocycles. The number of aliphatic hydroxyl groups is 1. The fraction of sp³-hybridized carbons (Fsp3) is 0.355. The molecule has 2 heterocycles. The summed E-state index contributed by atoms with van der Waals surface area (Å²) in [5.74, 6) is 0.313. The molecule has 6 nitrogen and oxygen atoms in total. The Morgan fingerprint density at radius 3 is 2.39 bits per heavy atom. The molecule has 0 unspecified atom stereocenters. The molecule has 2 aromatic carbocycles. The van der Waals surface area contributed by atoms with E-state index in [0.717, 1.165) is 28.0 Å². The first-order chi connectivity index (χ1) is 18.0. The third-order valence-electron chi connectivity index (χ3n) is 6.36. The lowest BCUT2D eigenvalue weighted by molar-refractivity contribution is 0.0930. The van der Waals surface area contributed by atoms with Crippen molar-refractivity contribution in [3.8, 4) is 16.9 Å². The Bertz CT molecular complexity index is 1400. The van der Waals surface area contributed by atoms with Gasteiger partial charge in [0.25, 0.3) is 5.91 Å². The molecular formula is C31H36ClN3O3. The zero-order valence-electron chi connectivity index (χ0n) is 22.7. The number of fused-ring (bicyclic) bond motifs is 1. The van der Waals surface area contributed by atoms with Gasteiger partial charge in [0.15, 0.2) is 0 Å². The summed E-state index contributed by atoms with van der Waals surface area (Å²) in [6.07, 6.45) is 5.23. The molecule has 0 aliphatic heterocycles. The first-order valence-corrected chi connectivity index (χ1v) is 13.4. The van der Waals surface area contributed by atoms with Gasteiger partial charge in [-0.15, -0.1) is 0 Å². The van der Waals surface area contributed by atoms with Crippen LogP contribution in [0.3, 0.4) is 0 Å². The first-order valence-electron chi connectivity index (χ1n) is 13.0. The highest BCUT2D eigenvalue weighted by Gasteiger charge is 2.18. The minimum absolute atomic E-state index is 0.00769. The number of benzene rings is 2. The summed E-state index contributed by atoms with van der Waals surface area (Å²) in [5.41, 5.74) is 5.71. The van der Waals surface area contributed by atoms with Gasteiger partial charge in [0.05, 0.1) is 16.8 Å². The molecule has 0 fully saturated rings. The van der Waals surface area contributed by atoms with E-state index < -0.39 is 0 Å². The number of amides is 1. The van der Waals surface area contributed by atoms with Crippen LogP contribution in [-0.4, -0.2) is 39.2 Å². The molecule has 200 valence electrons. The second kappa shape index (κ2) is 11.6. The van der Waals surface area contributed by atoms with Crippen molar-refractivity contribution in [2.24, 2.45) is 0 Å². The largest absolute Gasteiger partial charge is 0.489 e. The van der Waals surface area contributed by atoms with Crippen molar-refractivity contribution in [1.82, 2.24) is 14.7 Å². The van der Waals surface area contributed by atoms with Crippen molar-refractivity contribution in [1.29, 1.82) is 0 Å². The summed E-state index contributed by atoms with van der Waals surface area (Å²) >= 11 is 6.31. The minimum Gasteiger partial charge on any atom is -0.489 e. The fourth-order valence-corrected chi connectivity index (χ4v) is 4.51. The predicted octanol–water partition coefficient (Wildman–Crippen LogP) is 6.46. The number of halogens is 1. The predicted molar refractivity (Wildman–Crippen MR) is 153 cm³/mol. The second-order valence-electron chi connectivity index (χ2n) is 11.0. The summed E-state index contributed by atoms with van der Waals surface area (Å²) in [6.45, 7) is 10.3. The highest BCUT2D eigenvalue weighted by molar-refractivity contribution is 6.32. The molecule has 0 radical (unpaired) electrons. The number of rotatable bonds is 9. The molecule has 4 rings (SSSR count). The molecule has 0 spiro atoms. The zero-order valence-corrected chi connectivity index (χ0v) is 23.4. The Kier molecular flexibility index (Phi) is 8.44. The van der Waals surface area contributed by atoms with Gasteiger partial charge in [-0.05, 0) is 73.7 Å².